The van der Waals surface area contributed by atoms with Crippen LogP contribution >= 0.6 is 11.6 Å². The number of benzene rings is 1. The Balaban J connectivity index is 1.87. The summed E-state index contributed by atoms with van der Waals surface area (Å²) in [5, 5.41) is 13.2. The van der Waals surface area contributed by atoms with Gasteiger partial charge in [0.1, 0.15) is 17.7 Å². The molecule has 96 valence electrons. The SMILES string of the molecule is OC(CNCc1cc(Cl)ccc1F)c1ccco1. The van der Waals surface area contributed by atoms with Gasteiger partial charge >= 0.3 is 0 Å². The molecule has 0 bridgehead atoms. The summed E-state index contributed by atoms with van der Waals surface area (Å²) in [5.74, 6) is 0.161. The van der Waals surface area contributed by atoms with Gasteiger partial charge in [0.2, 0.25) is 0 Å². The van der Waals surface area contributed by atoms with E-state index in [9.17, 15) is 9.50 Å². The molecular weight excluding hydrogens is 257 g/mol. The van der Waals surface area contributed by atoms with E-state index in [2.05, 4.69) is 5.32 Å². The van der Waals surface area contributed by atoms with Crippen molar-refractivity contribution in [2.75, 3.05) is 6.54 Å². The van der Waals surface area contributed by atoms with Crippen LogP contribution in [0.5, 0.6) is 0 Å². The van der Waals surface area contributed by atoms with Crippen LogP contribution < -0.4 is 5.32 Å². The molecule has 2 rings (SSSR count). The van der Waals surface area contributed by atoms with Gasteiger partial charge in [-0.3, -0.25) is 0 Å². The fraction of sp³-hybridized carbons (Fsp3) is 0.231. The Morgan fingerprint density at radius 2 is 2.22 bits per heavy atom. The van der Waals surface area contributed by atoms with Gasteiger partial charge in [0.15, 0.2) is 0 Å². The van der Waals surface area contributed by atoms with Crippen LogP contribution in [-0.4, -0.2) is 11.7 Å². The Hall–Kier alpha value is -1.36. The molecule has 1 heterocycles. The van der Waals surface area contributed by atoms with Gasteiger partial charge in [-0.1, -0.05) is 11.6 Å². The molecule has 0 saturated heterocycles. The minimum absolute atomic E-state index is 0.277. The van der Waals surface area contributed by atoms with Crippen molar-refractivity contribution in [2.24, 2.45) is 0 Å². The lowest BCUT2D eigenvalue weighted by atomic mass is 10.2. The molecule has 3 nitrogen and oxygen atoms in total. The van der Waals surface area contributed by atoms with Gasteiger partial charge in [-0.05, 0) is 30.3 Å². The molecule has 0 spiro atoms. The van der Waals surface area contributed by atoms with Gasteiger partial charge in [0.05, 0.1) is 6.26 Å². The van der Waals surface area contributed by atoms with Gasteiger partial charge in [0.25, 0.3) is 0 Å². The maximum absolute atomic E-state index is 13.4. The Morgan fingerprint density at radius 3 is 2.94 bits per heavy atom. The average molecular weight is 270 g/mol. The zero-order valence-electron chi connectivity index (χ0n) is 9.57. The predicted octanol–water partition coefficient (Wildman–Crippen LogP) is 2.90. The quantitative estimate of drug-likeness (QED) is 0.877. The molecule has 0 aliphatic heterocycles. The van der Waals surface area contributed by atoms with Crippen LogP contribution in [0.2, 0.25) is 5.02 Å². The summed E-state index contributed by atoms with van der Waals surface area (Å²) < 4.78 is 18.4. The number of furan rings is 1. The van der Waals surface area contributed by atoms with E-state index in [4.69, 9.17) is 16.0 Å². The number of nitrogens with one attached hydrogen (secondary N) is 1. The first-order chi connectivity index (χ1) is 8.66. The van der Waals surface area contributed by atoms with E-state index >= 15 is 0 Å². The van der Waals surface area contributed by atoms with E-state index in [0.717, 1.165) is 0 Å². The molecule has 0 radical (unpaired) electrons. The molecule has 18 heavy (non-hydrogen) atoms. The molecule has 0 aliphatic carbocycles. The first-order valence-corrected chi connectivity index (χ1v) is 5.90. The van der Waals surface area contributed by atoms with E-state index in [1.165, 1.54) is 18.4 Å². The minimum Gasteiger partial charge on any atom is -0.467 e. The molecule has 1 aromatic heterocycles. The fourth-order valence-electron chi connectivity index (χ4n) is 1.60. The first-order valence-electron chi connectivity index (χ1n) is 5.53. The zero-order chi connectivity index (χ0) is 13.0. The highest BCUT2D eigenvalue weighted by molar-refractivity contribution is 6.30. The molecule has 0 fully saturated rings. The summed E-state index contributed by atoms with van der Waals surface area (Å²) in [5.41, 5.74) is 0.467. The standard InChI is InChI=1S/C13H13ClFNO2/c14-10-3-4-11(15)9(6-10)7-16-8-12(17)13-2-1-5-18-13/h1-6,12,16-17H,7-8H2. The maximum Gasteiger partial charge on any atom is 0.133 e. The van der Waals surface area contributed by atoms with Crippen LogP contribution in [0.4, 0.5) is 4.39 Å². The maximum atomic E-state index is 13.4. The van der Waals surface area contributed by atoms with Crippen molar-refractivity contribution in [1.82, 2.24) is 5.32 Å². The van der Waals surface area contributed by atoms with Crippen molar-refractivity contribution < 1.29 is 13.9 Å². The number of aliphatic hydroxyl groups excluding tert-OH is 1. The number of halogens is 2. The molecule has 0 amide bonds. The highest BCUT2D eigenvalue weighted by Crippen LogP contribution is 2.15. The lowest BCUT2D eigenvalue weighted by Crippen LogP contribution is -2.21. The summed E-state index contributed by atoms with van der Waals surface area (Å²) in [6.07, 6.45) is 0.747. The monoisotopic (exact) mass is 269 g/mol. The molecular formula is C13H13ClFNO2. The third kappa shape index (κ3) is 3.32. The zero-order valence-corrected chi connectivity index (χ0v) is 10.3. The summed E-state index contributed by atoms with van der Waals surface area (Å²) in [6, 6.07) is 7.77. The molecule has 2 aromatic rings. The molecule has 2 N–H and O–H groups in total. The summed E-state index contributed by atoms with van der Waals surface area (Å²) >= 11 is 5.78. The molecule has 1 aromatic carbocycles. The van der Waals surface area contributed by atoms with Crippen LogP contribution in [0.15, 0.2) is 41.0 Å². The Morgan fingerprint density at radius 1 is 1.39 bits per heavy atom. The normalized spacial score (nSPS) is 12.6. The Bertz CT molecular complexity index is 502. The van der Waals surface area contributed by atoms with Crippen molar-refractivity contribution in [3.05, 3.63) is 58.8 Å². The van der Waals surface area contributed by atoms with Crippen molar-refractivity contribution in [3.63, 3.8) is 0 Å². The second-order valence-corrected chi connectivity index (χ2v) is 4.33. The second kappa shape index (κ2) is 6.00. The van der Waals surface area contributed by atoms with E-state index in [1.807, 2.05) is 0 Å². The van der Waals surface area contributed by atoms with Crippen LogP contribution in [0, 0.1) is 5.82 Å². The van der Waals surface area contributed by atoms with E-state index in [0.29, 0.717) is 22.9 Å². The highest BCUT2D eigenvalue weighted by Gasteiger charge is 2.10. The molecule has 1 atom stereocenters. The van der Waals surface area contributed by atoms with Gasteiger partial charge < -0.3 is 14.8 Å². The number of aliphatic hydroxyl groups is 1. The van der Waals surface area contributed by atoms with Crippen LogP contribution in [0.1, 0.15) is 17.4 Å². The smallest absolute Gasteiger partial charge is 0.133 e. The van der Waals surface area contributed by atoms with E-state index in [1.54, 1.807) is 18.2 Å². The van der Waals surface area contributed by atoms with Gasteiger partial charge in [-0.2, -0.15) is 0 Å². The number of hydrogen-bond donors (Lipinski definition) is 2. The predicted molar refractivity (Wildman–Crippen MR) is 66.8 cm³/mol. The summed E-state index contributed by atoms with van der Waals surface area (Å²) in [4.78, 5) is 0. The number of rotatable bonds is 5. The molecule has 5 heteroatoms. The van der Waals surface area contributed by atoms with E-state index < -0.39 is 6.10 Å². The largest absolute Gasteiger partial charge is 0.467 e. The summed E-state index contributed by atoms with van der Waals surface area (Å²) in [6.45, 7) is 0.573. The van der Waals surface area contributed by atoms with Crippen molar-refractivity contribution in [2.45, 2.75) is 12.6 Å². The average Bonchev–Trinajstić information content (AvgIpc) is 2.87. The van der Waals surface area contributed by atoms with Crippen LogP contribution in [-0.2, 0) is 6.54 Å². The number of hydrogen-bond acceptors (Lipinski definition) is 3. The van der Waals surface area contributed by atoms with Crippen LogP contribution in [0.3, 0.4) is 0 Å². The Labute approximate surface area is 109 Å². The fourth-order valence-corrected chi connectivity index (χ4v) is 1.80. The van der Waals surface area contributed by atoms with Gasteiger partial charge in [-0.25, -0.2) is 4.39 Å². The minimum atomic E-state index is -0.748. The van der Waals surface area contributed by atoms with E-state index in [-0.39, 0.29) is 12.4 Å². The first kappa shape index (κ1) is 13.1. The van der Waals surface area contributed by atoms with Crippen molar-refractivity contribution in [3.8, 4) is 0 Å². The third-order valence-electron chi connectivity index (χ3n) is 2.53. The van der Waals surface area contributed by atoms with Crippen LogP contribution in [0.25, 0.3) is 0 Å². The molecule has 1 unspecified atom stereocenters. The lowest BCUT2D eigenvalue weighted by Gasteiger charge is -2.10. The topological polar surface area (TPSA) is 45.4 Å². The highest BCUT2D eigenvalue weighted by atomic mass is 35.5. The lowest BCUT2D eigenvalue weighted by molar-refractivity contribution is 0.147. The van der Waals surface area contributed by atoms with Gasteiger partial charge in [-0.15, -0.1) is 0 Å². The second-order valence-electron chi connectivity index (χ2n) is 3.90. The van der Waals surface area contributed by atoms with Gasteiger partial charge in [0, 0.05) is 23.7 Å². The van der Waals surface area contributed by atoms with Crippen molar-refractivity contribution in [1.29, 1.82) is 0 Å². The third-order valence-corrected chi connectivity index (χ3v) is 2.77. The Kier molecular flexibility index (Phi) is 4.36. The van der Waals surface area contributed by atoms with Crippen molar-refractivity contribution >= 4 is 11.6 Å². The molecule has 0 saturated carbocycles. The summed E-state index contributed by atoms with van der Waals surface area (Å²) in [7, 11) is 0. The molecule has 0 aliphatic rings.